The van der Waals surface area contributed by atoms with E-state index in [1.165, 1.54) is 4.90 Å². The first-order chi connectivity index (χ1) is 18.5. The Hall–Kier alpha value is -3.81. The molecule has 7 nitrogen and oxygen atoms in total. The second-order valence-electron chi connectivity index (χ2n) is 10.4. The number of benzene rings is 3. The molecule has 4 rings (SSSR count). The molecule has 0 fully saturated rings. The van der Waals surface area contributed by atoms with Gasteiger partial charge in [0.1, 0.15) is 12.4 Å². The molecule has 0 aliphatic carbocycles. The van der Waals surface area contributed by atoms with Crippen molar-refractivity contribution in [3.63, 3.8) is 0 Å². The molecular formula is C30H31Cl2N5O2. The van der Waals surface area contributed by atoms with Crippen molar-refractivity contribution in [1.29, 1.82) is 0 Å². The van der Waals surface area contributed by atoms with Crippen LogP contribution in [-0.4, -0.2) is 33.2 Å². The minimum atomic E-state index is -0.471. The number of aromatic nitrogens is 2. The van der Waals surface area contributed by atoms with Gasteiger partial charge < -0.3 is 15.5 Å². The summed E-state index contributed by atoms with van der Waals surface area (Å²) in [6, 6.07) is 23.6. The Morgan fingerprint density at radius 1 is 0.923 bits per heavy atom. The second-order valence-corrected chi connectivity index (χ2v) is 11.2. The van der Waals surface area contributed by atoms with Crippen LogP contribution in [0.4, 0.5) is 16.3 Å². The van der Waals surface area contributed by atoms with Gasteiger partial charge in [-0.3, -0.25) is 4.79 Å². The monoisotopic (exact) mass is 563 g/mol. The number of nitrogens with one attached hydrogen (secondary N) is 2. The third-order valence-corrected chi connectivity index (χ3v) is 6.55. The molecule has 4 aromatic rings. The maximum atomic E-state index is 13.4. The summed E-state index contributed by atoms with van der Waals surface area (Å²) in [5.74, 6) is 0.161. The van der Waals surface area contributed by atoms with Gasteiger partial charge in [0, 0.05) is 23.0 Å². The van der Waals surface area contributed by atoms with Crippen molar-refractivity contribution in [3.8, 4) is 5.69 Å². The Balaban J connectivity index is 1.59. The largest absolute Gasteiger partial charge is 0.322 e. The molecular weight excluding hydrogens is 533 g/mol. The zero-order chi connectivity index (χ0) is 28.2. The zero-order valence-electron chi connectivity index (χ0n) is 22.3. The summed E-state index contributed by atoms with van der Waals surface area (Å²) >= 11 is 12.3. The van der Waals surface area contributed by atoms with Gasteiger partial charge in [0.05, 0.1) is 22.1 Å². The van der Waals surface area contributed by atoms with E-state index in [1.807, 2.05) is 67.6 Å². The van der Waals surface area contributed by atoms with Gasteiger partial charge >= 0.3 is 6.03 Å². The lowest BCUT2D eigenvalue weighted by atomic mass is 9.92. The molecule has 0 aliphatic rings. The number of hydrogen-bond acceptors (Lipinski definition) is 3. The highest BCUT2D eigenvalue weighted by Gasteiger charge is 2.24. The van der Waals surface area contributed by atoms with Crippen molar-refractivity contribution in [1.82, 2.24) is 14.7 Å². The van der Waals surface area contributed by atoms with E-state index in [4.69, 9.17) is 28.3 Å². The third-order valence-electron chi connectivity index (χ3n) is 6.00. The molecule has 0 saturated carbocycles. The molecule has 0 unspecified atom stereocenters. The van der Waals surface area contributed by atoms with Crippen LogP contribution in [0.1, 0.15) is 37.6 Å². The van der Waals surface area contributed by atoms with Crippen molar-refractivity contribution in [3.05, 3.63) is 106 Å². The number of carbonyl (C=O) groups is 2. The first-order valence-corrected chi connectivity index (χ1v) is 13.3. The van der Waals surface area contributed by atoms with Crippen LogP contribution in [0.5, 0.6) is 0 Å². The quantitative estimate of drug-likeness (QED) is 0.245. The Labute approximate surface area is 238 Å². The van der Waals surface area contributed by atoms with Crippen LogP contribution in [0.3, 0.4) is 0 Å². The number of aryl methyl sites for hydroxylation is 1. The van der Waals surface area contributed by atoms with Gasteiger partial charge in [0.15, 0.2) is 0 Å². The highest BCUT2D eigenvalue weighted by atomic mass is 35.5. The van der Waals surface area contributed by atoms with Crippen LogP contribution in [0.2, 0.25) is 10.0 Å². The Kier molecular flexibility index (Phi) is 8.63. The molecule has 1 aromatic heterocycles. The van der Waals surface area contributed by atoms with Crippen LogP contribution in [0, 0.1) is 6.92 Å². The molecule has 202 valence electrons. The molecule has 3 amide bonds. The van der Waals surface area contributed by atoms with Crippen molar-refractivity contribution in [2.24, 2.45) is 0 Å². The SMILES string of the molecule is Cc1cccc(-n2nc(C(C)(C)C)cc2NC(=O)CN(Cc2ccccc2)C(=O)Nc2ccc(Cl)cc2Cl)c1. The lowest BCUT2D eigenvalue weighted by molar-refractivity contribution is -0.116. The molecule has 1 heterocycles. The van der Waals surface area contributed by atoms with Gasteiger partial charge in [-0.1, -0.05) is 86.4 Å². The summed E-state index contributed by atoms with van der Waals surface area (Å²) in [6.07, 6.45) is 0. The summed E-state index contributed by atoms with van der Waals surface area (Å²) in [4.78, 5) is 28.1. The second kappa shape index (κ2) is 11.9. The summed E-state index contributed by atoms with van der Waals surface area (Å²) in [7, 11) is 0. The van der Waals surface area contributed by atoms with Gasteiger partial charge in [-0.25, -0.2) is 9.48 Å². The predicted octanol–water partition coefficient (Wildman–Crippen LogP) is 7.46. The predicted molar refractivity (Wildman–Crippen MR) is 158 cm³/mol. The smallest absolute Gasteiger partial charge is 0.311 e. The first kappa shape index (κ1) is 28.2. The lowest BCUT2D eigenvalue weighted by Crippen LogP contribution is -2.40. The average Bonchev–Trinajstić information content (AvgIpc) is 3.30. The molecule has 0 spiro atoms. The fourth-order valence-corrected chi connectivity index (χ4v) is 4.39. The number of urea groups is 1. The van der Waals surface area contributed by atoms with Crippen molar-refractivity contribution in [2.45, 2.75) is 39.7 Å². The highest BCUT2D eigenvalue weighted by molar-refractivity contribution is 6.36. The van der Waals surface area contributed by atoms with Crippen molar-refractivity contribution < 1.29 is 9.59 Å². The van der Waals surface area contributed by atoms with E-state index >= 15 is 0 Å². The number of halogens is 2. The Bertz CT molecular complexity index is 1480. The first-order valence-electron chi connectivity index (χ1n) is 12.5. The van der Waals surface area contributed by atoms with Crippen molar-refractivity contribution in [2.75, 3.05) is 17.2 Å². The van der Waals surface area contributed by atoms with Crippen LogP contribution in [0.25, 0.3) is 5.69 Å². The third kappa shape index (κ3) is 7.40. The van der Waals surface area contributed by atoms with Crippen LogP contribution in [-0.2, 0) is 16.8 Å². The van der Waals surface area contributed by atoms with Gasteiger partial charge in [-0.2, -0.15) is 5.10 Å². The van der Waals surface area contributed by atoms with Gasteiger partial charge in [0.2, 0.25) is 5.91 Å². The molecule has 0 atom stereocenters. The molecule has 0 bridgehead atoms. The molecule has 2 N–H and O–H groups in total. The Morgan fingerprint density at radius 3 is 2.33 bits per heavy atom. The van der Waals surface area contributed by atoms with E-state index in [9.17, 15) is 9.59 Å². The maximum absolute atomic E-state index is 13.4. The molecule has 39 heavy (non-hydrogen) atoms. The number of nitrogens with zero attached hydrogens (tertiary/aromatic N) is 3. The number of anilines is 2. The fourth-order valence-electron chi connectivity index (χ4n) is 3.94. The number of carbonyl (C=O) groups excluding carboxylic acids is 2. The van der Waals surface area contributed by atoms with E-state index < -0.39 is 6.03 Å². The van der Waals surface area contributed by atoms with Crippen LogP contribution < -0.4 is 10.6 Å². The topological polar surface area (TPSA) is 79.3 Å². The maximum Gasteiger partial charge on any atom is 0.322 e. The normalized spacial score (nSPS) is 11.2. The molecule has 9 heteroatoms. The van der Waals surface area contributed by atoms with E-state index in [0.29, 0.717) is 21.6 Å². The molecule has 3 aromatic carbocycles. The number of rotatable bonds is 7. The average molecular weight is 565 g/mol. The van der Waals surface area contributed by atoms with Crippen LogP contribution >= 0.6 is 23.2 Å². The van der Waals surface area contributed by atoms with E-state index in [0.717, 1.165) is 22.5 Å². The summed E-state index contributed by atoms with van der Waals surface area (Å²) < 4.78 is 1.72. The van der Waals surface area contributed by atoms with Crippen molar-refractivity contribution >= 4 is 46.6 Å². The zero-order valence-corrected chi connectivity index (χ0v) is 23.8. The molecule has 0 saturated heterocycles. The summed E-state index contributed by atoms with van der Waals surface area (Å²) in [6.45, 7) is 8.22. The van der Waals surface area contributed by atoms with E-state index in [-0.39, 0.29) is 24.4 Å². The van der Waals surface area contributed by atoms with Gasteiger partial charge in [-0.05, 0) is 48.4 Å². The number of amides is 3. The highest BCUT2D eigenvalue weighted by Crippen LogP contribution is 2.28. The molecule has 0 radical (unpaired) electrons. The minimum Gasteiger partial charge on any atom is -0.311 e. The fraction of sp³-hybridized carbons (Fsp3) is 0.233. The van der Waals surface area contributed by atoms with Crippen LogP contribution in [0.15, 0.2) is 78.9 Å². The summed E-state index contributed by atoms with van der Waals surface area (Å²) in [5, 5.41) is 11.3. The Morgan fingerprint density at radius 2 is 1.67 bits per heavy atom. The minimum absolute atomic E-state index is 0.199. The molecule has 0 aliphatic heterocycles. The van der Waals surface area contributed by atoms with E-state index in [1.54, 1.807) is 22.9 Å². The summed E-state index contributed by atoms with van der Waals surface area (Å²) in [5.41, 5.74) is 3.78. The van der Waals surface area contributed by atoms with Gasteiger partial charge in [-0.15, -0.1) is 0 Å². The standard InChI is InChI=1S/C30H31Cl2N5O2/c1-20-9-8-12-23(15-20)37-27(17-26(35-37)30(2,3)4)34-28(38)19-36(18-21-10-6-5-7-11-21)29(39)33-25-14-13-22(31)16-24(25)32/h5-17H,18-19H2,1-4H3,(H,33,39)(H,34,38). The number of hydrogen-bond donors (Lipinski definition) is 2. The van der Waals surface area contributed by atoms with Gasteiger partial charge in [0.25, 0.3) is 0 Å². The lowest BCUT2D eigenvalue weighted by Gasteiger charge is -2.23. The van der Waals surface area contributed by atoms with E-state index in [2.05, 4.69) is 31.4 Å².